The highest BCUT2D eigenvalue weighted by Gasteiger charge is 2.37. The minimum Gasteiger partial charge on any atom is -0.273 e. The Morgan fingerprint density at radius 2 is 1.62 bits per heavy atom. The average molecular weight is 445 g/mol. The second-order valence-corrected chi connectivity index (χ2v) is 8.09. The molecule has 1 fully saturated rings. The smallest absolute Gasteiger partial charge is 0.273 e. The SMILES string of the molecule is Cc1cccc(N2C(=O)NC(=O)/C(=C\c3ccc(Cc4ccccc4Cl)cc3)C2=O)c1C. The molecular weight excluding hydrogens is 424 g/mol. The summed E-state index contributed by atoms with van der Waals surface area (Å²) in [7, 11) is 0. The number of benzene rings is 3. The van der Waals surface area contributed by atoms with Crippen LogP contribution in [0.1, 0.15) is 27.8 Å². The molecule has 1 heterocycles. The molecular formula is C26H21ClN2O3. The zero-order chi connectivity index (χ0) is 22.8. The molecule has 32 heavy (non-hydrogen) atoms. The number of hydrogen-bond donors (Lipinski definition) is 1. The first kappa shape index (κ1) is 21.5. The lowest BCUT2D eigenvalue weighted by molar-refractivity contribution is -0.122. The first-order valence-electron chi connectivity index (χ1n) is 10.1. The number of carbonyl (C=O) groups excluding carboxylic acids is 3. The molecule has 0 saturated carbocycles. The topological polar surface area (TPSA) is 66.5 Å². The van der Waals surface area contributed by atoms with Crippen molar-refractivity contribution in [2.75, 3.05) is 4.90 Å². The van der Waals surface area contributed by atoms with E-state index >= 15 is 0 Å². The second kappa shape index (κ2) is 8.81. The number of aryl methyl sites for hydroxylation is 1. The van der Waals surface area contributed by atoms with Crippen LogP contribution >= 0.6 is 11.6 Å². The van der Waals surface area contributed by atoms with E-state index in [1.54, 1.807) is 12.1 Å². The summed E-state index contributed by atoms with van der Waals surface area (Å²) in [5.41, 5.74) is 4.86. The number of rotatable bonds is 4. The van der Waals surface area contributed by atoms with Crippen molar-refractivity contribution < 1.29 is 14.4 Å². The van der Waals surface area contributed by atoms with Crippen molar-refractivity contribution in [1.82, 2.24) is 5.32 Å². The molecule has 4 amide bonds. The standard InChI is InChI=1S/C26H21ClN2O3/c1-16-6-5-9-23(17(16)2)29-25(31)21(24(30)28-26(29)32)15-19-12-10-18(11-13-19)14-20-7-3-4-8-22(20)27/h3-13,15H,14H2,1-2H3,(H,28,30,32)/b21-15+. The van der Waals surface area contributed by atoms with E-state index in [0.29, 0.717) is 22.7 Å². The van der Waals surface area contributed by atoms with Crippen molar-refractivity contribution in [2.45, 2.75) is 20.3 Å². The van der Waals surface area contributed by atoms with Gasteiger partial charge in [0.2, 0.25) is 0 Å². The fourth-order valence-electron chi connectivity index (χ4n) is 3.61. The van der Waals surface area contributed by atoms with Crippen LogP contribution < -0.4 is 10.2 Å². The van der Waals surface area contributed by atoms with Gasteiger partial charge in [-0.2, -0.15) is 0 Å². The highest BCUT2D eigenvalue weighted by atomic mass is 35.5. The zero-order valence-corrected chi connectivity index (χ0v) is 18.4. The molecule has 1 N–H and O–H groups in total. The lowest BCUT2D eigenvalue weighted by atomic mass is 10.0. The van der Waals surface area contributed by atoms with E-state index in [9.17, 15) is 14.4 Å². The van der Waals surface area contributed by atoms with Crippen LogP contribution in [0.5, 0.6) is 0 Å². The van der Waals surface area contributed by atoms with E-state index in [0.717, 1.165) is 27.2 Å². The normalized spacial score (nSPS) is 15.3. The fourth-order valence-corrected chi connectivity index (χ4v) is 3.82. The molecule has 1 saturated heterocycles. The molecule has 4 rings (SSSR count). The lowest BCUT2D eigenvalue weighted by Gasteiger charge is -2.28. The van der Waals surface area contributed by atoms with Gasteiger partial charge >= 0.3 is 6.03 Å². The quantitative estimate of drug-likeness (QED) is 0.443. The number of amides is 4. The predicted molar refractivity (Wildman–Crippen MR) is 126 cm³/mol. The largest absolute Gasteiger partial charge is 0.335 e. The molecule has 0 radical (unpaired) electrons. The number of carbonyl (C=O) groups is 3. The summed E-state index contributed by atoms with van der Waals surface area (Å²) in [4.78, 5) is 39.0. The van der Waals surface area contributed by atoms with Crippen molar-refractivity contribution in [3.05, 3.63) is 105 Å². The summed E-state index contributed by atoms with van der Waals surface area (Å²) in [5, 5.41) is 2.98. The summed E-state index contributed by atoms with van der Waals surface area (Å²) in [6.45, 7) is 3.74. The number of halogens is 1. The molecule has 0 unspecified atom stereocenters. The van der Waals surface area contributed by atoms with Gasteiger partial charge in [-0.25, -0.2) is 9.69 Å². The first-order chi connectivity index (χ1) is 15.3. The van der Waals surface area contributed by atoms with Crippen molar-refractivity contribution in [3.63, 3.8) is 0 Å². The number of nitrogens with one attached hydrogen (secondary N) is 1. The average Bonchev–Trinajstić information content (AvgIpc) is 2.77. The molecule has 0 aliphatic carbocycles. The van der Waals surface area contributed by atoms with Crippen LogP contribution in [-0.2, 0) is 16.0 Å². The molecule has 1 aliphatic heterocycles. The predicted octanol–water partition coefficient (Wildman–Crippen LogP) is 5.21. The van der Waals surface area contributed by atoms with Gasteiger partial charge < -0.3 is 0 Å². The zero-order valence-electron chi connectivity index (χ0n) is 17.7. The molecule has 0 bridgehead atoms. The third-order valence-electron chi connectivity index (χ3n) is 5.56. The lowest BCUT2D eigenvalue weighted by Crippen LogP contribution is -2.54. The van der Waals surface area contributed by atoms with Gasteiger partial charge in [-0.15, -0.1) is 0 Å². The molecule has 1 aliphatic rings. The minimum atomic E-state index is -0.749. The van der Waals surface area contributed by atoms with Gasteiger partial charge in [-0.3, -0.25) is 14.9 Å². The number of imide groups is 2. The summed E-state index contributed by atoms with van der Waals surface area (Å²) in [6.07, 6.45) is 2.17. The maximum absolute atomic E-state index is 13.1. The Morgan fingerprint density at radius 3 is 2.34 bits per heavy atom. The van der Waals surface area contributed by atoms with Crippen LogP contribution in [0, 0.1) is 13.8 Å². The second-order valence-electron chi connectivity index (χ2n) is 7.69. The number of anilines is 1. The Hall–Kier alpha value is -3.70. The molecule has 6 heteroatoms. The monoisotopic (exact) mass is 444 g/mol. The van der Waals surface area contributed by atoms with Crippen LogP contribution in [0.3, 0.4) is 0 Å². The van der Waals surface area contributed by atoms with Crippen LogP contribution in [0.4, 0.5) is 10.5 Å². The van der Waals surface area contributed by atoms with E-state index in [4.69, 9.17) is 11.6 Å². The third-order valence-corrected chi connectivity index (χ3v) is 5.93. The van der Waals surface area contributed by atoms with Crippen molar-refractivity contribution in [2.24, 2.45) is 0 Å². The van der Waals surface area contributed by atoms with Crippen molar-refractivity contribution >= 4 is 41.2 Å². The van der Waals surface area contributed by atoms with E-state index in [-0.39, 0.29) is 5.57 Å². The molecule has 3 aromatic carbocycles. The van der Waals surface area contributed by atoms with Crippen LogP contribution in [0.15, 0.2) is 72.3 Å². The van der Waals surface area contributed by atoms with E-state index in [1.807, 2.05) is 68.4 Å². The Kier molecular flexibility index (Phi) is 5.93. The van der Waals surface area contributed by atoms with E-state index in [2.05, 4.69) is 5.32 Å². The highest BCUT2D eigenvalue weighted by Crippen LogP contribution is 2.27. The molecule has 160 valence electrons. The Morgan fingerprint density at radius 1 is 0.906 bits per heavy atom. The van der Waals surface area contributed by atoms with Crippen molar-refractivity contribution in [3.8, 4) is 0 Å². The first-order valence-corrected chi connectivity index (χ1v) is 10.5. The van der Waals surface area contributed by atoms with Crippen LogP contribution in [0.2, 0.25) is 5.02 Å². The number of barbiturate groups is 1. The molecule has 0 atom stereocenters. The van der Waals surface area contributed by atoms with Gasteiger partial charge in [0.05, 0.1) is 5.69 Å². The Bertz CT molecular complexity index is 1260. The summed E-state index contributed by atoms with van der Waals surface area (Å²) in [6, 6.07) is 19.8. The summed E-state index contributed by atoms with van der Waals surface area (Å²) >= 11 is 6.24. The highest BCUT2D eigenvalue weighted by molar-refractivity contribution is 6.39. The van der Waals surface area contributed by atoms with E-state index in [1.165, 1.54) is 6.08 Å². The fraction of sp³-hybridized carbons (Fsp3) is 0.115. The minimum absolute atomic E-state index is 0.0932. The third kappa shape index (κ3) is 4.20. The summed E-state index contributed by atoms with van der Waals surface area (Å²) in [5.74, 6) is -1.35. The van der Waals surface area contributed by atoms with Gasteiger partial charge in [-0.1, -0.05) is 66.2 Å². The number of hydrogen-bond acceptors (Lipinski definition) is 3. The maximum atomic E-state index is 13.1. The van der Waals surface area contributed by atoms with Gasteiger partial charge in [0.15, 0.2) is 0 Å². The van der Waals surface area contributed by atoms with Crippen LogP contribution in [-0.4, -0.2) is 17.8 Å². The van der Waals surface area contributed by atoms with E-state index < -0.39 is 17.8 Å². The number of urea groups is 1. The Balaban J connectivity index is 1.62. The Labute approximate surface area is 191 Å². The summed E-state index contributed by atoms with van der Waals surface area (Å²) < 4.78 is 0. The molecule has 0 spiro atoms. The van der Waals surface area contributed by atoms with Gasteiger partial charge in [0.25, 0.3) is 11.8 Å². The number of nitrogens with zero attached hydrogens (tertiary/aromatic N) is 1. The molecule has 3 aromatic rings. The molecule has 0 aromatic heterocycles. The van der Waals surface area contributed by atoms with Gasteiger partial charge in [0.1, 0.15) is 5.57 Å². The van der Waals surface area contributed by atoms with Crippen molar-refractivity contribution in [1.29, 1.82) is 0 Å². The van der Waals surface area contributed by atoms with Gasteiger partial charge in [0, 0.05) is 5.02 Å². The maximum Gasteiger partial charge on any atom is 0.335 e. The van der Waals surface area contributed by atoms with Crippen LogP contribution in [0.25, 0.3) is 6.08 Å². The molecule has 5 nitrogen and oxygen atoms in total. The van der Waals surface area contributed by atoms with Gasteiger partial charge in [-0.05, 0) is 66.3 Å².